The molecule has 0 aliphatic heterocycles. The summed E-state index contributed by atoms with van der Waals surface area (Å²) in [5, 5.41) is 4.03. The monoisotopic (exact) mass is 446 g/mol. The summed E-state index contributed by atoms with van der Waals surface area (Å²) in [4.78, 5) is 28.1. The third-order valence-electron chi connectivity index (χ3n) is 5.62. The molecule has 2 amide bonds. The average molecular weight is 447 g/mol. The number of halogens is 2. The maximum Gasteiger partial charge on any atom is 0.243 e. The number of carbonyl (C=O) groups excluding carboxylic acids is 2. The Morgan fingerprint density at radius 2 is 1.73 bits per heavy atom. The van der Waals surface area contributed by atoms with Crippen molar-refractivity contribution in [3.63, 3.8) is 0 Å². The second-order valence-electron chi connectivity index (χ2n) is 7.85. The van der Waals surface area contributed by atoms with Crippen LogP contribution in [0.5, 0.6) is 0 Å². The van der Waals surface area contributed by atoms with Gasteiger partial charge in [-0.1, -0.05) is 79.4 Å². The predicted molar refractivity (Wildman–Crippen MR) is 122 cm³/mol. The molecule has 0 radical (unpaired) electrons. The number of nitrogens with one attached hydrogen (secondary N) is 1. The maximum absolute atomic E-state index is 13.3. The van der Waals surface area contributed by atoms with Gasteiger partial charge in [-0.15, -0.1) is 0 Å². The fourth-order valence-corrected chi connectivity index (χ4v) is 4.31. The van der Waals surface area contributed by atoms with Crippen LogP contribution in [0.15, 0.2) is 48.5 Å². The molecular formula is C24H28Cl2N2O2. The van der Waals surface area contributed by atoms with Gasteiger partial charge >= 0.3 is 0 Å². The van der Waals surface area contributed by atoms with Crippen molar-refractivity contribution in [1.82, 2.24) is 10.2 Å². The highest BCUT2D eigenvalue weighted by Gasteiger charge is 2.30. The van der Waals surface area contributed by atoms with E-state index in [0.717, 1.165) is 36.8 Å². The van der Waals surface area contributed by atoms with Gasteiger partial charge in [0.2, 0.25) is 11.8 Å². The average Bonchev–Trinajstić information content (AvgIpc) is 3.24. The zero-order valence-electron chi connectivity index (χ0n) is 17.2. The molecule has 1 N–H and O–H groups in total. The Hall–Kier alpha value is -2.04. The summed E-state index contributed by atoms with van der Waals surface area (Å²) in [5.41, 5.74) is 1.77. The Labute approximate surface area is 188 Å². The number of benzene rings is 2. The molecule has 1 aliphatic carbocycles. The minimum Gasteiger partial charge on any atom is -0.352 e. The summed E-state index contributed by atoms with van der Waals surface area (Å²) in [7, 11) is 0. The van der Waals surface area contributed by atoms with Gasteiger partial charge in [0.25, 0.3) is 0 Å². The molecule has 0 saturated heterocycles. The van der Waals surface area contributed by atoms with Crippen molar-refractivity contribution < 1.29 is 9.59 Å². The molecule has 0 bridgehead atoms. The number of nitrogens with zero attached hydrogens (tertiary/aromatic N) is 1. The zero-order chi connectivity index (χ0) is 21.5. The maximum atomic E-state index is 13.3. The molecule has 1 fully saturated rings. The Balaban J connectivity index is 1.80. The molecule has 0 aromatic heterocycles. The summed E-state index contributed by atoms with van der Waals surface area (Å²) in [6.45, 7) is 2.33. The minimum atomic E-state index is -0.513. The van der Waals surface area contributed by atoms with Gasteiger partial charge in [0, 0.05) is 12.6 Å². The molecular weight excluding hydrogens is 419 g/mol. The largest absolute Gasteiger partial charge is 0.352 e. The summed E-state index contributed by atoms with van der Waals surface area (Å²) in [5.74, 6) is -0.173. The van der Waals surface area contributed by atoms with E-state index in [0.29, 0.717) is 23.0 Å². The van der Waals surface area contributed by atoms with Crippen LogP contribution in [0.1, 0.15) is 50.2 Å². The van der Waals surface area contributed by atoms with E-state index in [-0.39, 0.29) is 24.3 Å². The van der Waals surface area contributed by atoms with Crippen LogP contribution in [0.2, 0.25) is 10.0 Å². The van der Waals surface area contributed by atoms with E-state index in [1.807, 2.05) is 37.3 Å². The van der Waals surface area contributed by atoms with E-state index in [1.165, 1.54) is 0 Å². The second-order valence-corrected chi connectivity index (χ2v) is 8.66. The molecule has 2 aromatic rings. The van der Waals surface area contributed by atoms with Crippen molar-refractivity contribution in [2.75, 3.05) is 0 Å². The van der Waals surface area contributed by atoms with Crippen molar-refractivity contribution in [1.29, 1.82) is 0 Å². The van der Waals surface area contributed by atoms with Crippen LogP contribution < -0.4 is 5.32 Å². The first-order chi connectivity index (χ1) is 14.5. The molecule has 4 nitrogen and oxygen atoms in total. The molecule has 0 heterocycles. The van der Waals surface area contributed by atoms with Gasteiger partial charge in [0.05, 0.1) is 16.5 Å². The molecule has 0 spiro atoms. The third-order valence-corrected chi connectivity index (χ3v) is 6.36. The van der Waals surface area contributed by atoms with Gasteiger partial charge < -0.3 is 10.2 Å². The van der Waals surface area contributed by atoms with Gasteiger partial charge in [0.1, 0.15) is 6.04 Å². The van der Waals surface area contributed by atoms with Gasteiger partial charge in [-0.2, -0.15) is 0 Å². The number of amides is 2. The number of hydrogen-bond donors (Lipinski definition) is 1. The zero-order valence-corrected chi connectivity index (χ0v) is 18.8. The third kappa shape index (κ3) is 5.99. The molecule has 6 heteroatoms. The van der Waals surface area contributed by atoms with E-state index < -0.39 is 6.04 Å². The summed E-state index contributed by atoms with van der Waals surface area (Å²) in [6.07, 6.45) is 5.03. The molecule has 3 rings (SSSR count). The predicted octanol–water partition coefficient (Wildman–Crippen LogP) is 5.40. The first-order valence-electron chi connectivity index (χ1n) is 10.6. The Morgan fingerprint density at radius 3 is 2.37 bits per heavy atom. The highest BCUT2D eigenvalue weighted by atomic mass is 35.5. The van der Waals surface area contributed by atoms with Crippen LogP contribution >= 0.6 is 23.2 Å². The lowest BCUT2D eigenvalue weighted by molar-refractivity contribution is -0.141. The van der Waals surface area contributed by atoms with Crippen molar-refractivity contribution in [2.24, 2.45) is 0 Å². The lowest BCUT2D eigenvalue weighted by atomic mass is 10.1. The van der Waals surface area contributed by atoms with Gasteiger partial charge in [-0.3, -0.25) is 9.59 Å². The minimum absolute atomic E-state index is 0.0668. The van der Waals surface area contributed by atoms with Crippen LogP contribution in [0, 0.1) is 0 Å². The molecule has 0 unspecified atom stereocenters. The number of rotatable bonds is 8. The van der Waals surface area contributed by atoms with Crippen LogP contribution in [-0.2, 0) is 22.6 Å². The van der Waals surface area contributed by atoms with Crippen LogP contribution in [0.3, 0.4) is 0 Å². The Morgan fingerprint density at radius 1 is 1.03 bits per heavy atom. The van der Waals surface area contributed by atoms with Gasteiger partial charge in [0.15, 0.2) is 0 Å². The van der Waals surface area contributed by atoms with E-state index in [1.54, 1.807) is 23.1 Å². The molecule has 2 aromatic carbocycles. The highest BCUT2D eigenvalue weighted by Crippen LogP contribution is 2.24. The van der Waals surface area contributed by atoms with E-state index in [2.05, 4.69) is 5.32 Å². The molecule has 160 valence electrons. The van der Waals surface area contributed by atoms with E-state index in [9.17, 15) is 9.59 Å². The lowest BCUT2D eigenvalue weighted by Gasteiger charge is -2.31. The SMILES string of the molecule is CC[C@@H](C(=O)NC1CCCC1)N(Cc1ccccc1)C(=O)Cc1ccc(Cl)c(Cl)c1. The highest BCUT2D eigenvalue weighted by molar-refractivity contribution is 6.42. The smallest absolute Gasteiger partial charge is 0.243 e. The molecule has 30 heavy (non-hydrogen) atoms. The topological polar surface area (TPSA) is 49.4 Å². The first-order valence-corrected chi connectivity index (χ1v) is 11.3. The fourth-order valence-electron chi connectivity index (χ4n) is 3.99. The molecule has 1 atom stereocenters. The van der Waals surface area contributed by atoms with Gasteiger partial charge in [-0.05, 0) is 42.5 Å². The summed E-state index contributed by atoms with van der Waals surface area (Å²) < 4.78 is 0. The van der Waals surface area contributed by atoms with E-state index in [4.69, 9.17) is 23.2 Å². The van der Waals surface area contributed by atoms with Crippen molar-refractivity contribution in [3.8, 4) is 0 Å². The summed E-state index contributed by atoms with van der Waals surface area (Å²) in [6, 6.07) is 14.7. The van der Waals surface area contributed by atoms with E-state index >= 15 is 0 Å². The first kappa shape index (κ1) is 22.6. The van der Waals surface area contributed by atoms with Crippen molar-refractivity contribution >= 4 is 35.0 Å². The Bertz CT molecular complexity index is 867. The summed E-state index contributed by atoms with van der Waals surface area (Å²) >= 11 is 12.1. The second kappa shape index (κ2) is 10.8. The normalized spacial score (nSPS) is 15.0. The molecule has 1 saturated carbocycles. The van der Waals surface area contributed by atoms with Gasteiger partial charge in [-0.25, -0.2) is 0 Å². The number of hydrogen-bond acceptors (Lipinski definition) is 2. The fraction of sp³-hybridized carbons (Fsp3) is 0.417. The number of carbonyl (C=O) groups is 2. The standard InChI is InChI=1S/C24H28Cl2N2O2/c1-2-22(24(30)27-19-10-6-7-11-19)28(16-17-8-4-3-5-9-17)23(29)15-18-12-13-20(25)21(26)14-18/h3-5,8-9,12-14,19,22H,2,6-7,10-11,15-16H2,1H3,(H,27,30)/t22-/m0/s1. The van der Waals surface area contributed by atoms with Crippen LogP contribution in [0.25, 0.3) is 0 Å². The molecule has 1 aliphatic rings. The van der Waals surface area contributed by atoms with Crippen molar-refractivity contribution in [3.05, 3.63) is 69.7 Å². The van der Waals surface area contributed by atoms with Crippen LogP contribution in [-0.4, -0.2) is 28.8 Å². The Kier molecular flexibility index (Phi) is 8.17. The quantitative estimate of drug-likeness (QED) is 0.589. The van der Waals surface area contributed by atoms with Crippen molar-refractivity contribution in [2.45, 2.75) is 64.1 Å². The lowest BCUT2D eigenvalue weighted by Crippen LogP contribution is -2.51. The van der Waals surface area contributed by atoms with Crippen LogP contribution in [0.4, 0.5) is 0 Å².